The number of benzene rings is 1. The Balaban J connectivity index is 1.55. The van der Waals surface area contributed by atoms with Crippen molar-refractivity contribution in [2.75, 3.05) is 5.32 Å². The molecular weight excluding hydrogens is 308 g/mol. The van der Waals surface area contributed by atoms with E-state index in [9.17, 15) is 4.79 Å². The first-order valence-electron chi connectivity index (χ1n) is 9.09. The van der Waals surface area contributed by atoms with Gasteiger partial charge in [0.05, 0.1) is 0 Å². The first kappa shape index (κ1) is 15.3. The maximum atomic E-state index is 13.0. The summed E-state index contributed by atoms with van der Waals surface area (Å²) in [6, 6.07) is 8.44. The Hall–Kier alpha value is -1.22. The van der Waals surface area contributed by atoms with Crippen molar-refractivity contribution in [3.63, 3.8) is 0 Å². The van der Waals surface area contributed by atoms with Crippen LogP contribution < -0.4 is 5.32 Å². The fourth-order valence-corrected chi connectivity index (χ4v) is 5.36. The Morgan fingerprint density at radius 1 is 0.913 bits per heavy atom. The predicted octanol–water partition coefficient (Wildman–Crippen LogP) is 5.31. The molecule has 0 unspecified atom stereocenters. The van der Waals surface area contributed by atoms with E-state index < -0.39 is 0 Å². The molecular formula is C19H25ClN2O. The van der Waals surface area contributed by atoms with E-state index in [1.807, 2.05) is 24.3 Å². The highest BCUT2D eigenvalue weighted by Gasteiger charge is 2.51. The highest BCUT2D eigenvalue weighted by molar-refractivity contribution is 6.30. The van der Waals surface area contributed by atoms with Gasteiger partial charge >= 0.3 is 6.03 Å². The van der Waals surface area contributed by atoms with Crippen molar-refractivity contribution in [1.29, 1.82) is 0 Å². The molecule has 124 valence electrons. The summed E-state index contributed by atoms with van der Waals surface area (Å²) in [6.45, 7) is 0. The van der Waals surface area contributed by atoms with E-state index in [-0.39, 0.29) is 6.03 Å². The van der Waals surface area contributed by atoms with Crippen LogP contribution in [0, 0.1) is 11.8 Å². The van der Waals surface area contributed by atoms with Crippen LogP contribution in [0.3, 0.4) is 0 Å². The van der Waals surface area contributed by atoms with Gasteiger partial charge < -0.3 is 10.2 Å². The maximum absolute atomic E-state index is 13.0. The van der Waals surface area contributed by atoms with Crippen LogP contribution in [0.25, 0.3) is 0 Å². The van der Waals surface area contributed by atoms with Crippen molar-refractivity contribution in [1.82, 2.24) is 4.90 Å². The average Bonchev–Trinajstić information content (AvgIpc) is 2.91. The fraction of sp³-hybridized carbons (Fsp3) is 0.632. The van der Waals surface area contributed by atoms with Gasteiger partial charge in [-0.1, -0.05) is 37.3 Å². The van der Waals surface area contributed by atoms with Crippen LogP contribution in [0.4, 0.5) is 10.5 Å². The number of nitrogens with zero attached hydrogens (tertiary/aromatic N) is 1. The lowest BCUT2D eigenvalue weighted by atomic mass is 9.73. The summed E-state index contributed by atoms with van der Waals surface area (Å²) in [5.41, 5.74) is 0.839. The van der Waals surface area contributed by atoms with Gasteiger partial charge in [0.2, 0.25) is 0 Å². The number of anilines is 1. The van der Waals surface area contributed by atoms with Gasteiger partial charge in [-0.2, -0.15) is 0 Å². The molecule has 1 N–H and O–H groups in total. The molecule has 1 saturated heterocycles. The minimum absolute atomic E-state index is 0.0959. The number of rotatable bonds is 1. The van der Waals surface area contributed by atoms with Crippen LogP contribution in [0.2, 0.25) is 5.02 Å². The predicted molar refractivity (Wildman–Crippen MR) is 93.8 cm³/mol. The molecule has 2 amide bonds. The lowest BCUT2D eigenvalue weighted by Crippen LogP contribution is -2.46. The standard InChI is InChI=1S/C19H25ClN2O/c20-13-9-11-14(12-10-13)21-19(23)22-17-7-3-1-5-15(17)16-6-2-4-8-18(16)22/h9-12,15-18H,1-8H2,(H,21,23)/t15-,16+,17-,18-/m0/s1. The molecule has 2 saturated carbocycles. The van der Waals surface area contributed by atoms with Gasteiger partial charge in [0.25, 0.3) is 0 Å². The molecule has 1 aliphatic heterocycles. The SMILES string of the molecule is O=C(Nc1ccc(Cl)cc1)N1[C@H]2CCCC[C@@H]2[C@@H]2CCCC[C@@H]21. The Bertz CT molecular complexity index is 551. The van der Waals surface area contributed by atoms with E-state index in [0.717, 1.165) is 17.5 Å². The number of fused-ring (bicyclic) bond motifs is 3. The molecule has 3 nitrogen and oxygen atoms in total. The van der Waals surface area contributed by atoms with E-state index in [1.54, 1.807) is 0 Å². The summed E-state index contributed by atoms with van der Waals surface area (Å²) in [6.07, 6.45) is 10.2. The molecule has 3 aliphatic rings. The molecule has 0 aromatic heterocycles. The summed E-state index contributed by atoms with van der Waals surface area (Å²) < 4.78 is 0. The van der Waals surface area contributed by atoms with E-state index in [0.29, 0.717) is 17.1 Å². The van der Waals surface area contributed by atoms with E-state index in [4.69, 9.17) is 11.6 Å². The number of carbonyl (C=O) groups is 1. The van der Waals surface area contributed by atoms with E-state index >= 15 is 0 Å². The van der Waals surface area contributed by atoms with Crippen molar-refractivity contribution in [2.45, 2.75) is 63.5 Å². The van der Waals surface area contributed by atoms with Gasteiger partial charge in [0.1, 0.15) is 0 Å². The molecule has 1 aromatic carbocycles. The normalized spacial score (nSPS) is 33.0. The number of nitrogens with one attached hydrogen (secondary N) is 1. The lowest BCUT2D eigenvalue weighted by molar-refractivity contribution is 0.157. The summed E-state index contributed by atoms with van der Waals surface area (Å²) in [4.78, 5) is 15.2. The zero-order valence-corrected chi connectivity index (χ0v) is 14.3. The van der Waals surface area contributed by atoms with Crippen molar-refractivity contribution in [2.24, 2.45) is 11.8 Å². The number of hydrogen-bond acceptors (Lipinski definition) is 1. The van der Waals surface area contributed by atoms with Gasteiger partial charge in [-0.3, -0.25) is 0 Å². The second-order valence-corrected chi connectivity index (χ2v) is 7.81. The van der Waals surface area contributed by atoms with Gasteiger partial charge in [0.15, 0.2) is 0 Å². The zero-order valence-electron chi connectivity index (χ0n) is 13.5. The second-order valence-electron chi connectivity index (χ2n) is 7.38. The van der Waals surface area contributed by atoms with Gasteiger partial charge in [-0.15, -0.1) is 0 Å². The van der Waals surface area contributed by atoms with E-state index in [2.05, 4.69) is 10.2 Å². The molecule has 1 heterocycles. The molecule has 2 aliphatic carbocycles. The topological polar surface area (TPSA) is 32.3 Å². The van der Waals surface area contributed by atoms with Gasteiger partial charge in [0, 0.05) is 22.8 Å². The minimum atomic E-state index is 0.0959. The molecule has 4 atom stereocenters. The van der Waals surface area contributed by atoms with Crippen molar-refractivity contribution in [3.05, 3.63) is 29.3 Å². The van der Waals surface area contributed by atoms with Crippen LogP contribution in [0.15, 0.2) is 24.3 Å². The monoisotopic (exact) mass is 332 g/mol. The molecule has 23 heavy (non-hydrogen) atoms. The third kappa shape index (κ3) is 2.84. The summed E-state index contributed by atoms with van der Waals surface area (Å²) in [7, 11) is 0. The number of urea groups is 1. The quantitative estimate of drug-likeness (QED) is 0.743. The van der Waals surface area contributed by atoms with Crippen LogP contribution in [0.5, 0.6) is 0 Å². The molecule has 4 heteroatoms. The Labute approximate surface area is 143 Å². The summed E-state index contributed by atoms with van der Waals surface area (Å²) >= 11 is 5.93. The van der Waals surface area contributed by atoms with Gasteiger partial charge in [-0.25, -0.2) is 4.79 Å². The highest BCUT2D eigenvalue weighted by Crippen LogP contribution is 2.49. The maximum Gasteiger partial charge on any atom is 0.322 e. The number of likely N-dealkylation sites (tertiary alicyclic amines) is 1. The number of carbonyl (C=O) groups excluding carboxylic acids is 1. The first-order chi connectivity index (χ1) is 11.2. The Morgan fingerprint density at radius 2 is 1.43 bits per heavy atom. The number of amides is 2. The van der Waals surface area contributed by atoms with Crippen LogP contribution in [-0.2, 0) is 0 Å². The number of hydrogen-bond donors (Lipinski definition) is 1. The fourth-order valence-electron chi connectivity index (χ4n) is 5.24. The molecule has 3 fully saturated rings. The largest absolute Gasteiger partial charge is 0.322 e. The smallest absolute Gasteiger partial charge is 0.318 e. The molecule has 0 bridgehead atoms. The van der Waals surface area contributed by atoms with Crippen LogP contribution in [0.1, 0.15) is 51.4 Å². The summed E-state index contributed by atoms with van der Waals surface area (Å²) in [5.74, 6) is 1.48. The number of halogens is 1. The Morgan fingerprint density at radius 3 is 2.00 bits per heavy atom. The first-order valence-corrected chi connectivity index (χ1v) is 9.47. The van der Waals surface area contributed by atoms with Crippen LogP contribution in [-0.4, -0.2) is 23.0 Å². The average molecular weight is 333 g/mol. The molecule has 0 radical (unpaired) electrons. The second kappa shape index (κ2) is 6.35. The molecule has 1 aromatic rings. The third-order valence-electron chi connectivity index (χ3n) is 6.16. The van der Waals surface area contributed by atoms with Gasteiger partial charge in [-0.05, 0) is 61.8 Å². The summed E-state index contributed by atoms with van der Waals surface area (Å²) in [5, 5.41) is 3.80. The van der Waals surface area contributed by atoms with Crippen molar-refractivity contribution < 1.29 is 4.79 Å². The molecule has 4 rings (SSSR count). The van der Waals surface area contributed by atoms with Crippen molar-refractivity contribution >= 4 is 23.3 Å². The van der Waals surface area contributed by atoms with Crippen molar-refractivity contribution in [3.8, 4) is 0 Å². The Kier molecular flexibility index (Phi) is 4.23. The van der Waals surface area contributed by atoms with E-state index in [1.165, 1.54) is 51.4 Å². The minimum Gasteiger partial charge on any atom is -0.318 e. The zero-order chi connectivity index (χ0) is 15.8. The highest BCUT2D eigenvalue weighted by atomic mass is 35.5. The third-order valence-corrected chi connectivity index (χ3v) is 6.41. The molecule has 0 spiro atoms. The van der Waals surface area contributed by atoms with Crippen LogP contribution >= 0.6 is 11.6 Å². The lowest BCUT2D eigenvalue weighted by Gasteiger charge is -2.34.